The lowest BCUT2D eigenvalue weighted by atomic mass is 9.96. The van der Waals surface area contributed by atoms with Crippen LogP contribution < -0.4 is 10.2 Å². The third-order valence-electron chi connectivity index (χ3n) is 6.98. The zero-order chi connectivity index (χ0) is 28.9. The molecular formula is C26H25Cl2F3N4O3S2. The van der Waals surface area contributed by atoms with Crippen molar-refractivity contribution in [1.29, 1.82) is 0 Å². The van der Waals surface area contributed by atoms with Crippen molar-refractivity contribution in [3.63, 3.8) is 0 Å². The summed E-state index contributed by atoms with van der Waals surface area (Å²) < 4.78 is 64.1. The topological polar surface area (TPSA) is 92.3 Å². The lowest BCUT2D eigenvalue weighted by molar-refractivity contribution is -0.122. The summed E-state index contributed by atoms with van der Waals surface area (Å²) in [5, 5.41) is 13.8. The molecular weight excluding hydrogens is 608 g/mol. The van der Waals surface area contributed by atoms with Crippen molar-refractivity contribution in [1.82, 2.24) is 10.2 Å². The third kappa shape index (κ3) is 6.24. The van der Waals surface area contributed by atoms with Gasteiger partial charge in [0.15, 0.2) is 9.84 Å². The van der Waals surface area contributed by atoms with E-state index in [0.29, 0.717) is 21.5 Å². The Morgan fingerprint density at radius 2 is 1.75 bits per heavy atom. The Bertz CT molecular complexity index is 1510. The summed E-state index contributed by atoms with van der Waals surface area (Å²) in [5.41, 5.74) is 0.565. The molecule has 1 N–H and O–H groups in total. The number of benzene rings is 2. The molecule has 0 radical (unpaired) electrons. The van der Waals surface area contributed by atoms with Crippen molar-refractivity contribution < 1.29 is 26.4 Å². The van der Waals surface area contributed by atoms with Gasteiger partial charge in [-0.2, -0.15) is 13.2 Å². The second-order valence-corrected chi connectivity index (χ2v) is 14.1. The second kappa shape index (κ2) is 10.8. The number of rotatable bonds is 10. The number of alkyl halides is 3. The van der Waals surface area contributed by atoms with Crippen LogP contribution in [-0.4, -0.2) is 49.5 Å². The molecule has 3 aromatic rings. The van der Waals surface area contributed by atoms with Crippen molar-refractivity contribution in [2.75, 3.05) is 29.1 Å². The van der Waals surface area contributed by atoms with Crippen LogP contribution in [0.1, 0.15) is 54.1 Å². The van der Waals surface area contributed by atoms with Gasteiger partial charge in [0.25, 0.3) is 0 Å². The van der Waals surface area contributed by atoms with E-state index in [4.69, 9.17) is 23.2 Å². The van der Waals surface area contributed by atoms with Crippen LogP contribution in [-0.2, 0) is 20.0 Å². The van der Waals surface area contributed by atoms with Gasteiger partial charge in [-0.05, 0) is 62.1 Å². The minimum Gasteiger partial charge on any atom is -0.353 e. The van der Waals surface area contributed by atoms with E-state index in [1.165, 1.54) is 43.3 Å². The van der Waals surface area contributed by atoms with Crippen molar-refractivity contribution in [2.45, 2.75) is 55.0 Å². The molecule has 2 saturated carbocycles. The van der Waals surface area contributed by atoms with Crippen molar-refractivity contribution in [3.8, 4) is 0 Å². The maximum atomic E-state index is 13.3. The van der Waals surface area contributed by atoms with Crippen LogP contribution in [0.5, 0.6) is 0 Å². The summed E-state index contributed by atoms with van der Waals surface area (Å²) in [6, 6.07) is 8.02. The molecule has 2 fully saturated rings. The average Bonchev–Trinajstić information content (AvgIpc) is 3.82. The number of hydrogen-bond donors (Lipinski definition) is 1. The number of halogens is 5. The van der Waals surface area contributed by atoms with Gasteiger partial charge >= 0.3 is 6.18 Å². The van der Waals surface area contributed by atoms with Gasteiger partial charge in [-0.1, -0.05) is 30.1 Å². The monoisotopic (exact) mass is 632 g/mol. The highest BCUT2D eigenvalue weighted by Crippen LogP contribution is 2.59. The minimum atomic E-state index is -4.61. The number of anilines is 2. The van der Waals surface area contributed by atoms with Gasteiger partial charge < -0.3 is 10.2 Å². The Morgan fingerprint density at radius 3 is 2.27 bits per heavy atom. The van der Waals surface area contributed by atoms with Gasteiger partial charge in [0.1, 0.15) is 16.6 Å². The van der Waals surface area contributed by atoms with E-state index < -0.39 is 40.4 Å². The van der Waals surface area contributed by atoms with Gasteiger partial charge in [-0.25, -0.2) is 8.42 Å². The molecule has 0 saturated heterocycles. The fourth-order valence-electron chi connectivity index (χ4n) is 4.58. The predicted molar refractivity (Wildman–Crippen MR) is 149 cm³/mol. The molecule has 214 valence electrons. The molecule has 5 rings (SSSR count). The Morgan fingerprint density at radius 1 is 1.12 bits per heavy atom. The van der Waals surface area contributed by atoms with Crippen molar-refractivity contribution in [3.05, 3.63) is 62.0 Å². The molecule has 0 unspecified atom stereocenters. The van der Waals surface area contributed by atoms with Crippen molar-refractivity contribution >= 4 is 61.7 Å². The van der Waals surface area contributed by atoms with E-state index in [-0.39, 0.29) is 22.0 Å². The molecule has 7 nitrogen and oxygen atoms in total. The third-order valence-corrected chi connectivity index (χ3v) is 10.6. The van der Waals surface area contributed by atoms with Crippen LogP contribution in [0.4, 0.5) is 24.5 Å². The number of amides is 1. The summed E-state index contributed by atoms with van der Waals surface area (Å²) in [5.74, 6) is -0.396. The molecule has 2 aromatic carbocycles. The van der Waals surface area contributed by atoms with E-state index in [9.17, 15) is 26.4 Å². The van der Waals surface area contributed by atoms with Gasteiger partial charge in [-0.3, -0.25) is 4.79 Å². The molecule has 0 bridgehead atoms. The zero-order valence-corrected chi connectivity index (χ0v) is 24.4. The number of nitrogens with zero attached hydrogens (tertiary/aromatic N) is 3. The maximum absolute atomic E-state index is 13.3. The highest BCUT2D eigenvalue weighted by Gasteiger charge is 2.52. The van der Waals surface area contributed by atoms with Crippen LogP contribution >= 0.6 is 34.5 Å². The second-order valence-electron chi connectivity index (χ2n) is 10.0. The Kier molecular flexibility index (Phi) is 7.84. The number of hydrogen-bond acceptors (Lipinski definition) is 7. The van der Waals surface area contributed by atoms with E-state index in [2.05, 4.69) is 15.5 Å². The van der Waals surface area contributed by atoms with Gasteiger partial charge in [0, 0.05) is 32.9 Å². The maximum Gasteiger partial charge on any atom is 0.405 e. The fraction of sp³-hybridized carbons (Fsp3) is 0.423. The van der Waals surface area contributed by atoms with E-state index >= 15 is 0 Å². The molecule has 2 aliphatic rings. The number of carbonyl (C=O) groups is 1. The molecule has 2 aliphatic carbocycles. The van der Waals surface area contributed by atoms with Crippen LogP contribution in [0.3, 0.4) is 0 Å². The predicted octanol–water partition coefficient (Wildman–Crippen LogP) is 6.60. The average molecular weight is 634 g/mol. The summed E-state index contributed by atoms with van der Waals surface area (Å²) in [7, 11) is -3.53. The largest absolute Gasteiger partial charge is 0.405 e. The molecule has 0 atom stereocenters. The molecule has 0 aliphatic heterocycles. The van der Waals surface area contributed by atoms with Crippen LogP contribution in [0, 0.1) is 0 Å². The smallest absolute Gasteiger partial charge is 0.353 e. The minimum absolute atomic E-state index is 0.00902. The lowest BCUT2D eigenvalue weighted by Crippen LogP contribution is -2.39. The number of nitrogens with one attached hydrogen (secondary N) is 1. The first kappa shape index (κ1) is 29.1. The molecule has 40 heavy (non-hydrogen) atoms. The van der Waals surface area contributed by atoms with E-state index in [1.54, 1.807) is 11.3 Å². The van der Waals surface area contributed by atoms with Crippen LogP contribution in [0.2, 0.25) is 10.0 Å². The zero-order valence-electron chi connectivity index (χ0n) is 21.3. The Hall–Kier alpha value is -2.41. The van der Waals surface area contributed by atoms with Gasteiger partial charge in [0.2, 0.25) is 5.91 Å². The SMILES string of the molecule is CCS(=O)(=O)c1ccc(N(CC(=O)Nc2cc(Cl)c(C3(c4nnc(C5CC5)s4)CC3)c(Cl)c2)CC(F)(F)F)cc1. The van der Waals surface area contributed by atoms with E-state index in [0.717, 1.165) is 40.6 Å². The van der Waals surface area contributed by atoms with E-state index in [1.807, 2.05) is 0 Å². The first-order valence-corrected chi connectivity index (χ1v) is 15.8. The number of carbonyl (C=O) groups excluding carboxylic acids is 1. The summed E-state index contributed by atoms with van der Waals surface area (Å²) in [6.45, 7) is -0.580. The van der Waals surface area contributed by atoms with Crippen LogP contribution in [0.25, 0.3) is 0 Å². The molecule has 1 aromatic heterocycles. The van der Waals surface area contributed by atoms with Gasteiger partial charge in [-0.15, -0.1) is 21.5 Å². The number of sulfone groups is 1. The quantitative estimate of drug-likeness (QED) is 0.271. The first-order valence-electron chi connectivity index (χ1n) is 12.6. The molecule has 1 heterocycles. The summed E-state index contributed by atoms with van der Waals surface area (Å²) in [4.78, 5) is 13.7. The lowest BCUT2D eigenvalue weighted by Gasteiger charge is -2.26. The normalized spacial score (nSPS) is 16.6. The first-order chi connectivity index (χ1) is 18.8. The van der Waals surface area contributed by atoms with Gasteiger partial charge in [0.05, 0.1) is 22.6 Å². The van der Waals surface area contributed by atoms with Crippen molar-refractivity contribution in [2.24, 2.45) is 0 Å². The molecule has 1 amide bonds. The molecule has 0 spiro atoms. The molecule has 14 heteroatoms. The summed E-state index contributed by atoms with van der Waals surface area (Å²) in [6.07, 6.45) is -0.760. The van der Waals surface area contributed by atoms with Crippen LogP contribution in [0.15, 0.2) is 41.3 Å². The Labute approximate surface area is 243 Å². The Balaban J connectivity index is 1.33. The highest BCUT2D eigenvalue weighted by atomic mass is 35.5. The standard InChI is InChI=1S/C26H25Cl2F3N4O3S2/c1-2-40(37,38)18-7-5-17(6-8-18)35(14-26(29,30)31)13-21(36)32-16-11-19(27)22(20(28)12-16)25(9-10-25)24-34-33-23(39-24)15-3-4-15/h5-8,11-12,15H,2-4,9-10,13-14H2,1H3,(H,32,36). The number of aromatic nitrogens is 2. The fourth-order valence-corrected chi connectivity index (χ4v) is 7.58. The highest BCUT2D eigenvalue weighted by molar-refractivity contribution is 7.91. The summed E-state index contributed by atoms with van der Waals surface area (Å²) >= 11 is 14.9.